The quantitative estimate of drug-likeness (QED) is 0.876. The van der Waals surface area contributed by atoms with E-state index in [4.69, 9.17) is 5.73 Å². The summed E-state index contributed by atoms with van der Waals surface area (Å²) < 4.78 is 0. The molecule has 3 heteroatoms. The summed E-state index contributed by atoms with van der Waals surface area (Å²) in [5, 5.41) is 0. The summed E-state index contributed by atoms with van der Waals surface area (Å²) >= 11 is 0. The van der Waals surface area contributed by atoms with Crippen LogP contribution in [0.5, 0.6) is 0 Å². The van der Waals surface area contributed by atoms with Crippen molar-refractivity contribution >= 4 is 11.5 Å². The maximum atomic E-state index is 5.73. The molecule has 3 rings (SSSR count). The van der Waals surface area contributed by atoms with E-state index in [1.807, 2.05) is 18.2 Å². The van der Waals surface area contributed by atoms with Crippen molar-refractivity contribution in [2.45, 2.75) is 25.9 Å². The number of hydrogen-bond donors (Lipinski definition) is 1. The van der Waals surface area contributed by atoms with Gasteiger partial charge >= 0.3 is 0 Å². The first kappa shape index (κ1) is 11.1. The molecule has 1 aromatic heterocycles. The molecular formula is C15H17N3. The van der Waals surface area contributed by atoms with E-state index >= 15 is 0 Å². The Morgan fingerprint density at radius 2 is 2.06 bits per heavy atom. The highest BCUT2D eigenvalue weighted by molar-refractivity contribution is 5.59. The van der Waals surface area contributed by atoms with Crippen LogP contribution in [-0.2, 0) is 13.0 Å². The predicted molar refractivity (Wildman–Crippen MR) is 74.4 cm³/mol. The number of para-hydroxylation sites is 1. The van der Waals surface area contributed by atoms with Gasteiger partial charge in [-0.3, -0.25) is 0 Å². The van der Waals surface area contributed by atoms with Crippen molar-refractivity contribution in [3.8, 4) is 0 Å². The number of hydrogen-bond acceptors (Lipinski definition) is 3. The van der Waals surface area contributed by atoms with Crippen LogP contribution in [0.4, 0.5) is 11.5 Å². The number of benzene rings is 1. The third-order valence-electron chi connectivity index (χ3n) is 3.51. The van der Waals surface area contributed by atoms with E-state index in [2.05, 4.69) is 41.1 Å². The van der Waals surface area contributed by atoms with Crippen LogP contribution in [0.25, 0.3) is 0 Å². The van der Waals surface area contributed by atoms with Crippen LogP contribution in [-0.4, -0.2) is 11.0 Å². The van der Waals surface area contributed by atoms with E-state index in [0.717, 1.165) is 18.7 Å². The number of anilines is 2. The molecule has 18 heavy (non-hydrogen) atoms. The van der Waals surface area contributed by atoms with E-state index in [1.54, 1.807) is 0 Å². The molecule has 0 spiro atoms. The summed E-state index contributed by atoms with van der Waals surface area (Å²) in [5.41, 5.74) is 9.51. The van der Waals surface area contributed by atoms with E-state index < -0.39 is 0 Å². The molecule has 1 unspecified atom stereocenters. The largest absolute Gasteiger partial charge is 0.384 e. The normalized spacial score (nSPS) is 17.8. The molecule has 92 valence electrons. The van der Waals surface area contributed by atoms with Crippen LogP contribution in [0, 0.1) is 0 Å². The lowest BCUT2D eigenvalue weighted by Gasteiger charge is -2.24. The predicted octanol–water partition coefficient (Wildman–Crippen LogP) is 2.62. The number of pyridine rings is 1. The summed E-state index contributed by atoms with van der Waals surface area (Å²) in [7, 11) is 0. The fraction of sp³-hybridized carbons (Fsp3) is 0.267. The number of nitrogens with zero attached hydrogens (tertiary/aromatic N) is 2. The first-order valence-electron chi connectivity index (χ1n) is 6.30. The minimum absolute atomic E-state index is 0.519. The third-order valence-corrected chi connectivity index (χ3v) is 3.51. The molecule has 1 atom stereocenters. The molecule has 0 bridgehead atoms. The Balaban J connectivity index is 1.89. The van der Waals surface area contributed by atoms with Crippen LogP contribution in [0.1, 0.15) is 18.2 Å². The first-order chi connectivity index (χ1) is 8.74. The Hall–Kier alpha value is -2.03. The van der Waals surface area contributed by atoms with Crippen molar-refractivity contribution in [2.24, 2.45) is 0 Å². The Kier molecular flexibility index (Phi) is 2.67. The molecule has 0 aliphatic carbocycles. The van der Waals surface area contributed by atoms with Gasteiger partial charge in [0.1, 0.15) is 5.82 Å². The van der Waals surface area contributed by atoms with E-state index in [1.165, 1.54) is 11.3 Å². The van der Waals surface area contributed by atoms with Crippen LogP contribution < -0.4 is 10.6 Å². The fourth-order valence-electron chi connectivity index (χ4n) is 2.63. The molecule has 2 aromatic rings. The average Bonchev–Trinajstić information content (AvgIpc) is 2.66. The monoisotopic (exact) mass is 239 g/mol. The zero-order valence-electron chi connectivity index (χ0n) is 10.5. The highest BCUT2D eigenvalue weighted by Gasteiger charge is 2.25. The summed E-state index contributed by atoms with van der Waals surface area (Å²) in [6.07, 6.45) is 1.11. The number of nitrogens with two attached hydrogens (primary N) is 1. The van der Waals surface area contributed by atoms with Crippen LogP contribution in [0.3, 0.4) is 0 Å². The van der Waals surface area contributed by atoms with Crippen molar-refractivity contribution in [1.82, 2.24) is 4.98 Å². The van der Waals surface area contributed by atoms with Gasteiger partial charge in [-0.2, -0.15) is 0 Å². The molecule has 2 heterocycles. The van der Waals surface area contributed by atoms with Gasteiger partial charge in [-0.25, -0.2) is 4.98 Å². The Labute approximate surface area is 107 Å². The van der Waals surface area contributed by atoms with Gasteiger partial charge in [0.05, 0.1) is 12.2 Å². The molecule has 0 radical (unpaired) electrons. The zero-order valence-corrected chi connectivity index (χ0v) is 10.5. The highest BCUT2D eigenvalue weighted by atomic mass is 15.2. The fourth-order valence-corrected chi connectivity index (χ4v) is 2.63. The zero-order chi connectivity index (χ0) is 12.5. The summed E-state index contributed by atoms with van der Waals surface area (Å²) in [6, 6.07) is 14.9. The SMILES string of the molecule is CC1Cc2ccccc2N1Cc1cccc(N)n1. The van der Waals surface area contributed by atoms with Crippen LogP contribution in [0.15, 0.2) is 42.5 Å². The van der Waals surface area contributed by atoms with Gasteiger partial charge < -0.3 is 10.6 Å². The van der Waals surface area contributed by atoms with Gasteiger partial charge in [0, 0.05) is 11.7 Å². The van der Waals surface area contributed by atoms with E-state index in [0.29, 0.717) is 11.9 Å². The Bertz CT molecular complexity index is 565. The van der Waals surface area contributed by atoms with Crippen molar-refractivity contribution < 1.29 is 0 Å². The molecule has 1 aromatic carbocycles. The van der Waals surface area contributed by atoms with E-state index in [-0.39, 0.29) is 0 Å². The van der Waals surface area contributed by atoms with Gasteiger partial charge in [0.2, 0.25) is 0 Å². The highest BCUT2D eigenvalue weighted by Crippen LogP contribution is 2.32. The molecule has 0 saturated heterocycles. The van der Waals surface area contributed by atoms with Gasteiger partial charge in [-0.05, 0) is 37.1 Å². The van der Waals surface area contributed by atoms with Gasteiger partial charge in [-0.1, -0.05) is 24.3 Å². The number of nitrogen functional groups attached to an aromatic ring is 1. The lowest BCUT2D eigenvalue weighted by atomic mass is 10.1. The topological polar surface area (TPSA) is 42.1 Å². The summed E-state index contributed by atoms with van der Waals surface area (Å²) in [4.78, 5) is 6.78. The summed E-state index contributed by atoms with van der Waals surface area (Å²) in [5.74, 6) is 0.590. The summed E-state index contributed by atoms with van der Waals surface area (Å²) in [6.45, 7) is 3.08. The van der Waals surface area contributed by atoms with Crippen molar-refractivity contribution in [2.75, 3.05) is 10.6 Å². The third kappa shape index (κ3) is 1.92. The average molecular weight is 239 g/mol. The molecule has 2 N–H and O–H groups in total. The molecule has 0 amide bonds. The van der Waals surface area contributed by atoms with Crippen LogP contribution >= 0.6 is 0 Å². The lowest BCUT2D eigenvalue weighted by molar-refractivity contribution is 0.665. The van der Waals surface area contributed by atoms with Crippen LogP contribution in [0.2, 0.25) is 0 Å². The maximum Gasteiger partial charge on any atom is 0.123 e. The van der Waals surface area contributed by atoms with Gasteiger partial charge in [0.15, 0.2) is 0 Å². The lowest BCUT2D eigenvalue weighted by Crippen LogP contribution is -2.29. The molecule has 3 nitrogen and oxygen atoms in total. The molecule has 0 saturated carbocycles. The van der Waals surface area contributed by atoms with Crippen molar-refractivity contribution in [3.63, 3.8) is 0 Å². The Morgan fingerprint density at radius 3 is 2.89 bits per heavy atom. The van der Waals surface area contributed by atoms with Gasteiger partial charge in [-0.15, -0.1) is 0 Å². The number of fused-ring (bicyclic) bond motifs is 1. The second kappa shape index (κ2) is 4.33. The standard InChI is InChI=1S/C15H17N3/c1-11-9-12-5-2-3-7-14(12)18(11)10-13-6-4-8-15(16)17-13/h2-8,11H,9-10H2,1H3,(H2,16,17). The molecular weight excluding hydrogens is 222 g/mol. The molecule has 1 aliphatic heterocycles. The number of aromatic nitrogens is 1. The second-order valence-corrected chi connectivity index (χ2v) is 4.86. The minimum atomic E-state index is 0.519. The smallest absolute Gasteiger partial charge is 0.123 e. The van der Waals surface area contributed by atoms with Crippen molar-refractivity contribution in [1.29, 1.82) is 0 Å². The maximum absolute atomic E-state index is 5.73. The van der Waals surface area contributed by atoms with Crippen molar-refractivity contribution in [3.05, 3.63) is 53.7 Å². The number of rotatable bonds is 2. The molecule has 0 fully saturated rings. The van der Waals surface area contributed by atoms with Gasteiger partial charge in [0.25, 0.3) is 0 Å². The molecule has 1 aliphatic rings. The first-order valence-corrected chi connectivity index (χ1v) is 6.30. The minimum Gasteiger partial charge on any atom is -0.384 e. The van der Waals surface area contributed by atoms with E-state index in [9.17, 15) is 0 Å². The second-order valence-electron chi connectivity index (χ2n) is 4.86. The Morgan fingerprint density at radius 1 is 1.22 bits per heavy atom.